The molecular weight excluding hydrogens is 747 g/mol. The van der Waals surface area contributed by atoms with E-state index in [-0.39, 0.29) is 49.3 Å². The summed E-state index contributed by atoms with van der Waals surface area (Å²) >= 11 is 0. The number of carboxylic acids is 3. The van der Waals surface area contributed by atoms with Crippen LogP contribution in [0.1, 0.15) is 180 Å². The Balaban J connectivity index is 3.78. The highest BCUT2D eigenvalue weighted by Gasteiger charge is 2.21. The molecule has 0 aromatic rings. The smallest absolute Gasteiger partial charge is 0.326 e. The molecule has 0 aliphatic heterocycles. The monoisotopic (exact) mass is 823 g/mol. The van der Waals surface area contributed by atoms with Crippen molar-refractivity contribution < 1.29 is 48.9 Å². The van der Waals surface area contributed by atoms with Crippen molar-refractivity contribution in [2.45, 2.75) is 198 Å². The Morgan fingerprint density at radius 1 is 0.431 bits per heavy atom. The second-order valence-electron chi connectivity index (χ2n) is 15.3. The molecule has 16 nitrogen and oxygen atoms in total. The van der Waals surface area contributed by atoms with Crippen LogP contribution >= 0.6 is 0 Å². The first-order chi connectivity index (χ1) is 27.9. The topological polar surface area (TPSA) is 266 Å². The molecule has 0 aromatic carbocycles. The molecule has 10 N–H and O–H groups in total. The van der Waals surface area contributed by atoms with Crippen LogP contribution in [0.5, 0.6) is 0 Å². The third kappa shape index (κ3) is 34.3. The number of rotatable bonds is 41. The Hall–Kier alpha value is -3.73. The van der Waals surface area contributed by atoms with Crippen molar-refractivity contribution >= 4 is 49.5 Å². The van der Waals surface area contributed by atoms with E-state index in [2.05, 4.69) is 26.5 Å². The van der Waals surface area contributed by atoms with Crippen LogP contribution < -0.4 is 32.2 Å². The minimum absolute atomic E-state index is 0.00508. The summed E-state index contributed by atoms with van der Waals surface area (Å²) in [5.41, 5.74) is 5.95. The number of hydrogen-bond acceptors (Lipinski definition) is 9. The molecule has 2 radical (unpaired) electrons. The van der Waals surface area contributed by atoms with Crippen molar-refractivity contribution in [1.29, 1.82) is 0 Å². The van der Waals surface area contributed by atoms with E-state index < -0.39 is 36.0 Å². The lowest BCUT2D eigenvalue weighted by Gasteiger charge is -2.14. The molecule has 332 valence electrons. The summed E-state index contributed by atoms with van der Waals surface area (Å²) < 4.78 is 0. The molecule has 0 saturated heterocycles. The van der Waals surface area contributed by atoms with Gasteiger partial charge in [0.15, 0.2) is 7.98 Å². The van der Waals surface area contributed by atoms with Crippen LogP contribution in [-0.4, -0.2) is 103 Å². The summed E-state index contributed by atoms with van der Waals surface area (Å²) in [5, 5.41) is 40.3. The van der Waals surface area contributed by atoms with Gasteiger partial charge in [-0.15, -0.1) is 0 Å². The Morgan fingerprint density at radius 3 is 1.31 bits per heavy atom. The average Bonchev–Trinajstić information content (AvgIpc) is 3.18. The van der Waals surface area contributed by atoms with Gasteiger partial charge in [0, 0.05) is 45.3 Å². The first kappa shape index (κ1) is 54.3. The Bertz CT molecular complexity index is 1160. The summed E-state index contributed by atoms with van der Waals surface area (Å²) in [5.74, 6) is -3.84. The zero-order valence-corrected chi connectivity index (χ0v) is 35.0. The van der Waals surface area contributed by atoms with E-state index >= 15 is 0 Å². The average molecular weight is 823 g/mol. The minimum Gasteiger partial charge on any atom is -0.481 e. The Kier molecular flexibility index (Phi) is 35.1. The molecule has 3 unspecified atom stereocenters. The predicted octanol–water partition coefficient (Wildman–Crippen LogP) is 4.37. The first-order valence-corrected chi connectivity index (χ1v) is 21.9. The van der Waals surface area contributed by atoms with E-state index in [0.29, 0.717) is 83.8 Å². The van der Waals surface area contributed by atoms with Crippen LogP contribution in [0.2, 0.25) is 0 Å². The molecule has 0 rings (SSSR count). The highest BCUT2D eigenvalue weighted by atomic mass is 16.4. The maximum absolute atomic E-state index is 12.3. The maximum atomic E-state index is 12.3. The van der Waals surface area contributed by atoms with Crippen molar-refractivity contribution in [2.24, 2.45) is 5.73 Å². The summed E-state index contributed by atoms with van der Waals surface area (Å²) in [6.07, 6.45) is 21.4. The standard InChI is InChI=1S/C41H75BN6O10/c42-48-34(41(57)58)23-18-21-31-46-39(54)32(43)22-17-20-30-44-35(49)24-15-13-19-29-45-36(50)28-27-33(40(55)56)47-37(51)25-14-11-9-7-5-3-1-2-4-6-8-10-12-16-26-38(52)53/h32-34,48H,1-31,43H2,(H,44,49)(H,45,50)(H,46,54)(H,47,51)(H,52,53)(H,55,56)(H,57,58). The van der Waals surface area contributed by atoms with E-state index in [1.165, 1.54) is 44.9 Å². The normalized spacial score (nSPS) is 12.6. The highest BCUT2D eigenvalue weighted by Crippen LogP contribution is 2.14. The van der Waals surface area contributed by atoms with Gasteiger partial charge < -0.3 is 47.5 Å². The van der Waals surface area contributed by atoms with E-state index in [1.54, 1.807) is 0 Å². The van der Waals surface area contributed by atoms with Crippen molar-refractivity contribution in [3.63, 3.8) is 0 Å². The van der Waals surface area contributed by atoms with Gasteiger partial charge in [-0.2, -0.15) is 0 Å². The molecule has 0 heterocycles. The van der Waals surface area contributed by atoms with E-state index in [0.717, 1.165) is 44.9 Å². The number of amides is 4. The number of carboxylic acid groups (broad SMARTS) is 3. The Labute approximate surface area is 347 Å². The van der Waals surface area contributed by atoms with Gasteiger partial charge in [0.25, 0.3) is 0 Å². The van der Waals surface area contributed by atoms with E-state index in [4.69, 9.17) is 23.9 Å². The number of unbranched alkanes of at least 4 members (excludes halogenated alkanes) is 17. The summed E-state index contributed by atoms with van der Waals surface area (Å²) in [4.78, 5) is 82.0. The molecule has 0 bridgehead atoms. The second kappa shape index (κ2) is 37.5. The van der Waals surface area contributed by atoms with Crippen molar-refractivity contribution in [1.82, 2.24) is 26.5 Å². The zero-order valence-electron chi connectivity index (χ0n) is 35.0. The van der Waals surface area contributed by atoms with Crippen LogP contribution in [0.3, 0.4) is 0 Å². The number of carbonyl (C=O) groups is 7. The van der Waals surface area contributed by atoms with Gasteiger partial charge >= 0.3 is 17.9 Å². The van der Waals surface area contributed by atoms with Crippen molar-refractivity contribution in [3.05, 3.63) is 0 Å². The lowest BCUT2D eigenvalue weighted by atomic mass is 10.0. The van der Waals surface area contributed by atoms with Gasteiger partial charge in [-0.25, -0.2) is 4.79 Å². The van der Waals surface area contributed by atoms with Gasteiger partial charge in [0.2, 0.25) is 23.6 Å². The number of nitrogens with one attached hydrogen (secondary N) is 5. The maximum Gasteiger partial charge on any atom is 0.326 e. The summed E-state index contributed by atoms with van der Waals surface area (Å²) in [6.45, 7) is 1.28. The van der Waals surface area contributed by atoms with Gasteiger partial charge in [0.05, 0.1) is 12.1 Å². The molecule has 0 spiro atoms. The lowest BCUT2D eigenvalue weighted by molar-refractivity contribution is -0.142. The number of hydrogen-bond donors (Lipinski definition) is 9. The molecule has 0 aliphatic rings. The fourth-order valence-electron chi connectivity index (χ4n) is 6.42. The van der Waals surface area contributed by atoms with Crippen molar-refractivity contribution in [3.8, 4) is 0 Å². The largest absolute Gasteiger partial charge is 0.481 e. The lowest BCUT2D eigenvalue weighted by Crippen LogP contribution is -2.41. The summed E-state index contributed by atoms with van der Waals surface area (Å²) in [6, 6.07) is -2.59. The van der Waals surface area contributed by atoms with Crippen LogP contribution in [0.15, 0.2) is 0 Å². The third-order valence-electron chi connectivity index (χ3n) is 10.1. The highest BCUT2D eigenvalue weighted by molar-refractivity contribution is 6.06. The molecule has 0 fully saturated rings. The molecule has 0 aliphatic carbocycles. The number of carbonyl (C=O) groups excluding carboxylic acids is 4. The molecule has 3 atom stereocenters. The summed E-state index contributed by atoms with van der Waals surface area (Å²) in [7, 11) is 5.19. The SMILES string of the molecule is [B]NC(CCCCNC(=O)C(N)CCCCNC(=O)CCCCCNC(=O)CCC(NC(=O)CCCCCCCCCCCCCCCCC(=O)O)C(=O)O)C(=O)O. The molecule has 4 amide bonds. The van der Waals surface area contributed by atoms with Gasteiger partial charge in [-0.1, -0.05) is 83.5 Å². The van der Waals surface area contributed by atoms with E-state index in [9.17, 15) is 38.7 Å². The van der Waals surface area contributed by atoms with Gasteiger partial charge in [-0.05, 0) is 70.6 Å². The molecule has 17 heteroatoms. The first-order valence-electron chi connectivity index (χ1n) is 21.9. The molecule has 0 saturated carbocycles. The number of nitrogens with two attached hydrogens (primary N) is 1. The second-order valence-corrected chi connectivity index (χ2v) is 15.3. The van der Waals surface area contributed by atoms with Crippen LogP contribution in [-0.2, 0) is 33.6 Å². The third-order valence-corrected chi connectivity index (χ3v) is 10.1. The fraction of sp³-hybridized carbons (Fsp3) is 0.829. The zero-order chi connectivity index (χ0) is 43.2. The van der Waals surface area contributed by atoms with Crippen molar-refractivity contribution in [2.75, 3.05) is 19.6 Å². The van der Waals surface area contributed by atoms with E-state index in [1.807, 2.05) is 0 Å². The Morgan fingerprint density at radius 2 is 0.828 bits per heavy atom. The quantitative estimate of drug-likeness (QED) is 0.0308. The van der Waals surface area contributed by atoms with Gasteiger partial charge in [-0.3, -0.25) is 28.8 Å². The van der Waals surface area contributed by atoms with Crippen LogP contribution in [0.4, 0.5) is 0 Å². The molecule has 0 aromatic heterocycles. The van der Waals surface area contributed by atoms with Gasteiger partial charge in [0.1, 0.15) is 6.04 Å². The van der Waals surface area contributed by atoms with Crippen LogP contribution in [0, 0.1) is 0 Å². The fourth-order valence-corrected chi connectivity index (χ4v) is 6.42. The number of aliphatic carboxylic acids is 3. The van der Waals surface area contributed by atoms with Crippen LogP contribution in [0.25, 0.3) is 0 Å². The molecule has 58 heavy (non-hydrogen) atoms. The molecular formula is C41H75BN6O10. The minimum atomic E-state index is -1.17. The predicted molar refractivity (Wildman–Crippen MR) is 224 cm³/mol.